The molecule has 1 fully saturated rings. The van der Waals surface area contributed by atoms with E-state index in [0.29, 0.717) is 5.02 Å². The number of halogens is 1. The van der Waals surface area contributed by atoms with Gasteiger partial charge in [-0.25, -0.2) is 0 Å². The number of carbonyl (C=O) groups is 1. The first-order valence-electron chi connectivity index (χ1n) is 8.99. The van der Waals surface area contributed by atoms with Crippen molar-refractivity contribution in [1.29, 1.82) is 0 Å². The van der Waals surface area contributed by atoms with Crippen LogP contribution in [0.25, 0.3) is 12.2 Å². The molecule has 0 aliphatic carbocycles. The smallest absolute Gasteiger partial charge is 0.246 e. The highest BCUT2D eigenvalue weighted by Crippen LogP contribution is 2.16. The van der Waals surface area contributed by atoms with E-state index < -0.39 is 0 Å². The van der Waals surface area contributed by atoms with Crippen LogP contribution in [0.2, 0.25) is 5.02 Å². The van der Waals surface area contributed by atoms with Crippen LogP contribution in [0.15, 0.2) is 66.7 Å². The van der Waals surface area contributed by atoms with Crippen LogP contribution in [0.1, 0.15) is 11.1 Å². The summed E-state index contributed by atoms with van der Waals surface area (Å²) in [4.78, 5) is 15.8. The number of nitrogens with zero attached hydrogens (tertiary/aromatic N) is 1. The molecule has 0 saturated carbocycles. The summed E-state index contributed by atoms with van der Waals surface area (Å²) < 4.78 is 0. The molecular weight excluding hydrogens is 344 g/mol. The minimum atomic E-state index is 0.0591. The van der Waals surface area contributed by atoms with Gasteiger partial charge in [-0.2, -0.15) is 0 Å². The average Bonchev–Trinajstić information content (AvgIpc) is 2.68. The lowest BCUT2D eigenvalue weighted by atomic mass is 10.2. The molecule has 4 heteroatoms. The maximum absolute atomic E-state index is 12.4. The third-order valence-electron chi connectivity index (χ3n) is 4.61. The maximum Gasteiger partial charge on any atom is 0.246 e. The van der Waals surface area contributed by atoms with Gasteiger partial charge in [0.1, 0.15) is 0 Å². The van der Waals surface area contributed by atoms with Crippen molar-refractivity contribution in [2.75, 3.05) is 32.7 Å². The van der Waals surface area contributed by atoms with Crippen LogP contribution in [0.4, 0.5) is 0 Å². The third-order valence-corrected chi connectivity index (χ3v) is 4.95. The van der Waals surface area contributed by atoms with E-state index in [-0.39, 0.29) is 5.91 Å². The number of hydrogen-bond donors (Lipinski definition) is 1. The maximum atomic E-state index is 12.4. The van der Waals surface area contributed by atoms with Crippen LogP contribution < -0.4 is 4.90 Å². The topological polar surface area (TPSA) is 24.8 Å². The normalized spacial score (nSPS) is 15.8. The van der Waals surface area contributed by atoms with Gasteiger partial charge in [-0.15, -0.1) is 0 Å². The number of quaternary nitrogens is 1. The number of rotatable bonds is 5. The molecule has 134 valence electrons. The molecule has 0 atom stereocenters. The molecule has 1 amide bonds. The van der Waals surface area contributed by atoms with Crippen molar-refractivity contribution >= 4 is 29.7 Å². The van der Waals surface area contributed by atoms with Crippen LogP contribution in [0, 0.1) is 0 Å². The highest BCUT2D eigenvalue weighted by Gasteiger charge is 2.21. The number of piperazine rings is 1. The molecule has 1 saturated heterocycles. The summed E-state index contributed by atoms with van der Waals surface area (Å²) in [5, 5.41) is 0.663. The van der Waals surface area contributed by atoms with Crippen LogP contribution >= 0.6 is 11.6 Å². The largest absolute Gasteiger partial charge is 0.329 e. The van der Waals surface area contributed by atoms with Gasteiger partial charge in [-0.05, 0) is 29.3 Å². The molecule has 2 aromatic rings. The van der Waals surface area contributed by atoms with Crippen molar-refractivity contribution in [2.24, 2.45) is 0 Å². The predicted octanol–water partition coefficient (Wildman–Crippen LogP) is 2.79. The van der Waals surface area contributed by atoms with E-state index in [9.17, 15) is 4.79 Å². The van der Waals surface area contributed by atoms with Gasteiger partial charge in [0.2, 0.25) is 5.91 Å². The van der Waals surface area contributed by atoms with E-state index in [1.165, 1.54) is 10.5 Å². The molecule has 0 spiro atoms. The van der Waals surface area contributed by atoms with Crippen molar-refractivity contribution < 1.29 is 9.69 Å². The van der Waals surface area contributed by atoms with E-state index in [1.807, 2.05) is 47.4 Å². The fraction of sp³-hybridized carbons (Fsp3) is 0.227. The first kappa shape index (κ1) is 18.4. The van der Waals surface area contributed by atoms with Gasteiger partial charge in [0.15, 0.2) is 0 Å². The number of amides is 1. The van der Waals surface area contributed by atoms with Crippen molar-refractivity contribution in [1.82, 2.24) is 4.90 Å². The van der Waals surface area contributed by atoms with Crippen molar-refractivity contribution in [2.45, 2.75) is 0 Å². The Morgan fingerprint density at radius 3 is 2.42 bits per heavy atom. The summed E-state index contributed by atoms with van der Waals surface area (Å²) in [6.45, 7) is 4.53. The zero-order valence-corrected chi connectivity index (χ0v) is 15.5. The molecule has 1 aliphatic rings. The molecule has 26 heavy (non-hydrogen) atoms. The summed E-state index contributed by atoms with van der Waals surface area (Å²) in [6, 6.07) is 17.9. The van der Waals surface area contributed by atoms with Crippen LogP contribution in [-0.2, 0) is 4.79 Å². The lowest BCUT2D eigenvalue weighted by Crippen LogP contribution is -3.14. The van der Waals surface area contributed by atoms with E-state index in [2.05, 4.69) is 24.3 Å². The highest BCUT2D eigenvalue weighted by molar-refractivity contribution is 6.32. The van der Waals surface area contributed by atoms with Gasteiger partial charge in [-0.3, -0.25) is 4.79 Å². The Labute approximate surface area is 160 Å². The SMILES string of the molecule is O=C(/C=C/c1ccccc1Cl)N1CC[NH+](C/C=C/c2ccccc2)CC1. The fourth-order valence-electron chi connectivity index (χ4n) is 3.05. The number of benzene rings is 2. The van der Waals surface area contributed by atoms with E-state index >= 15 is 0 Å². The Kier molecular flexibility index (Phi) is 6.64. The van der Waals surface area contributed by atoms with Crippen molar-refractivity contribution in [3.05, 3.63) is 82.9 Å². The van der Waals surface area contributed by atoms with E-state index in [4.69, 9.17) is 11.6 Å². The molecule has 0 unspecified atom stereocenters. The average molecular weight is 368 g/mol. The highest BCUT2D eigenvalue weighted by atomic mass is 35.5. The van der Waals surface area contributed by atoms with Gasteiger partial charge < -0.3 is 9.80 Å². The second kappa shape index (κ2) is 9.37. The zero-order valence-electron chi connectivity index (χ0n) is 14.8. The van der Waals surface area contributed by atoms with Gasteiger partial charge in [0, 0.05) is 11.1 Å². The van der Waals surface area contributed by atoms with Crippen LogP contribution in [-0.4, -0.2) is 43.5 Å². The van der Waals surface area contributed by atoms with Gasteiger partial charge in [0.25, 0.3) is 0 Å². The summed E-state index contributed by atoms with van der Waals surface area (Å²) >= 11 is 6.12. The first-order chi connectivity index (χ1) is 12.7. The van der Waals surface area contributed by atoms with E-state index in [0.717, 1.165) is 38.3 Å². The molecule has 0 radical (unpaired) electrons. The Bertz CT molecular complexity index is 778. The minimum Gasteiger partial charge on any atom is -0.329 e. The lowest BCUT2D eigenvalue weighted by molar-refractivity contribution is -0.898. The lowest BCUT2D eigenvalue weighted by Gasteiger charge is -2.31. The van der Waals surface area contributed by atoms with Crippen molar-refractivity contribution in [3.8, 4) is 0 Å². The minimum absolute atomic E-state index is 0.0591. The third kappa shape index (κ3) is 5.32. The Hall–Kier alpha value is -2.36. The Morgan fingerprint density at radius 2 is 1.69 bits per heavy atom. The van der Waals surface area contributed by atoms with Gasteiger partial charge >= 0.3 is 0 Å². The monoisotopic (exact) mass is 367 g/mol. The number of carbonyl (C=O) groups excluding carboxylic acids is 1. The fourth-order valence-corrected chi connectivity index (χ4v) is 3.25. The molecule has 0 bridgehead atoms. The Balaban J connectivity index is 1.45. The molecule has 1 aliphatic heterocycles. The molecule has 2 aromatic carbocycles. The van der Waals surface area contributed by atoms with Gasteiger partial charge in [-0.1, -0.05) is 66.2 Å². The first-order valence-corrected chi connectivity index (χ1v) is 9.37. The zero-order chi connectivity index (χ0) is 18.2. The van der Waals surface area contributed by atoms with Crippen LogP contribution in [0.5, 0.6) is 0 Å². The van der Waals surface area contributed by atoms with Crippen LogP contribution in [0.3, 0.4) is 0 Å². The molecule has 0 aromatic heterocycles. The molecule has 3 rings (SSSR count). The summed E-state index contributed by atoms with van der Waals surface area (Å²) in [7, 11) is 0. The molecule has 1 heterocycles. The predicted molar refractivity (Wildman–Crippen MR) is 108 cm³/mol. The number of hydrogen-bond acceptors (Lipinski definition) is 1. The Morgan fingerprint density at radius 1 is 1.00 bits per heavy atom. The summed E-state index contributed by atoms with van der Waals surface area (Å²) in [5.41, 5.74) is 2.10. The standard InChI is InChI=1S/C22H23ClN2O/c23-21-11-5-4-10-20(21)12-13-22(26)25-17-15-24(16-18-25)14-6-9-19-7-2-1-3-8-19/h1-13H,14-18H2/p+1/b9-6+,13-12+. The second-order valence-electron chi connectivity index (χ2n) is 6.45. The summed E-state index contributed by atoms with van der Waals surface area (Å²) in [6.07, 6.45) is 7.81. The van der Waals surface area contributed by atoms with E-state index in [1.54, 1.807) is 12.2 Å². The quantitative estimate of drug-likeness (QED) is 0.807. The molecule has 1 N–H and O–H groups in total. The van der Waals surface area contributed by atoms with Gasteiger partial charge in [0.05, 0.1) is 32.7 Å². The second-order valence-corrected chi connectivity index (χ2v) is 6.85. The summed E-state index contributed by atoms with van der Waals surface area (Å²) in [5.74, 6) is 0.0591. The van der Waals surface area contributed by atoms with Crippen molar-refractivity contribution in [3.63, 3.8) is 0 Å². The molecule has 3 nitrogen and oxygen atoms in total. The molecular formula is C22H24ClN2O+. The number of nitrogens with one attached hydrogen (secondary N) is 1.